The normalized spacial score (nSPS) is 12.5. The Hall–Kier alpha value is -0.786. The summed E-state index contributed by atoms with van der Waals surface area (Å²) in [5, 5.41) is 0.811. The standard InChI is InChI=1S/C15H28O7Si2/c1-16-14-10-8-9-13(11-12-23(17-2,18-3)19-4)15(14)24(20-5,21-6)22-7/h8-10H,11-12H2,1-7H3. The van der Waals surface area contributed by atoms with Gasteiger partial charge < -0.3 is 31.3 Å². The van der Waals surface area contributed by atoms with Crippen LogP contribution >= 0.6 is 0 Å². The third kappa shape index (κ3) is 4.24. The molecule has 0 aliphatic rings. The summed E-state index contributed by atoms with van der Waals surface area (Å²) < 4.78 is 39.0. The number of aryl methyl sites for hydroxylation is 1. The van der Waals surface area contributed by atoms with Gasteiger partial charge in [-0.25, -0.2) is 0 Å². The summed E-state index contributed by atoms with van der Waals surface area (Å²) in [6, 6.07) is 6.40. The van der Waals surface area contributed by atoms with E-state index >= 15 is 0 Å². The van der Waals surface area contributed by atoms with Crippen LogP contribution in [0, 0.1) is 0 Å². The predicted molar refractivity (Wildman–Crippen MR) is 94.7 cm³/mol. The van der Waals surface area contributed by atoms with Gasteiger partial charge in [-0.1, -0.05) is 12.1 Å². The lowest BCUT2D eigenvalue weighted by Gasteiger charge is -2.29. The van der Waals surface area contributed by atoms with Crippen LogP contribution in [0.1, 0.15) is 5.56 Å². The molecular formula is C15H28O7Si2. The molecule has 1 aromatic carbocycles. The van der Waals surface area contributed by atoms with E-state index in [9.17, 15) is 0 Å². The first-order valence-electron chi connectivity index (χ1n) is 7.49. The molecule has 0 heterocycles. The van der Waals surface area contributed by atoms with Gasteiger partial charge in [0.2, 0.25) is 0 Å². The van der Waals surface area contributed by atoms with E-state index in [4.69, 9.17) is 31.3 Å². The molecule has 9 heteroatoms. The van der Waals surface area contributed by atoms with Crippen molar-refractivity contribution in [3.05, 3.63) is 23.8 Å². The van der Waals surface area contributed by atoms with Gasteiger partial charge in [-0.2, -0.15) is 0 Å². The molecule has 0 unspecified atom stereocenters. The van der Waals surface area contributed by atoms with Crippen molar-refractivity contribution in [3.8, 4) is 5.75 Å². The van der Waals surface area contributed by atoms with Gasteiger partial charge in [-0.15, -0.1) is 0 Å². The third-order valence-corrected chi connectivity index (χ3v) is 9.60. The van der Waals surface area contributed by atoms with Crippen LogP contribution in [0.4, 0.5) is 0 Å². The van der Waals surface area contributed by atoms with Crippen LogP contribution in [0.5, 0.6) is 5.75 Å². The molecule has 1 aromatic rings. The van der Waals surface area contributed by atoms with E-state index in [0.29, 0.717) is 18.2 Å². The van der Waals surface area contributed by atoms with Crippen LogP contribution in [-0.2, 0) is 33.0 Å². The zero-order chi connectivity index (χ0) is 18.2. The van der Waals surface area contributed by atoms with Crippen molar-refractivity contribution in [3.63, 3.8) is 0 Å². The average molecular weight is 377 g/mol. The summed E-state index contributed by atoms with van der Waals surface area (Å²) in [7, 11) is 5.40. The molecular weight excluding hydrogens is 348 g/mol. The van der Waals surface area contributed by atoms with E-state index < -0.39 is 17.6 Å². The highest BCUT2D eigenvalue weighted by molar-refractivity contribution is 6.76. The fourth-order valence-corrected chi connectivity index (χ4v) is 6.59. The van der Waals surface area contributed by atoms with Gasteiger partial charge in [0, 0.05) is 48.7 Å². The highest BCUT2D eigenvalue weighted by Crippen LogP contribution is 2.23. The Morgan fingerprint density at radius 1 is 0.750 bits per heavy atom. The molecule has 0 atom stereocenters. The Morgan fingerprint density at radius 2 is 1.29 bits per heavy atom. The molecule has 0 saturated heterocycles. The second-order valence-corrected chi connectivity index (χ2v) is 10.9. The maximum absolute atomic E-state index is 5.65. The summed E-state index contributed by atoms with van der Waals surface area (Å²) in [4.78, 5) is 0. The van der Waals surface area contributed by atoms with E-state index in [-0.39, 0.29) is 0 Å². The van der Waals surface area contributed by atoms with Crippen molar-refractivity contribution in [2.24, 2.45) is 0 Å². The van der Waals surface area contributed by atoms with Gasteiger partial charge in [0.25, 0.3) is 0 Å². The highest BCUT2D eigenvalue weighted by atomic mass is 28.4. The highest BCUT2D eigenvalue weighted by Gasteiger charge is 2.46. The quantitative estimate of drug-likeness (QED) is 0.538. The topological polar surface area (TPSA) is 64.6 Å². The molecule has 0 radical (unpaired) electrons. The number of methoxy groups -OCH3 is 1. The lowest BCUT2D eigenvalue weighted by Crippen LogP contribution is -2.56. The zero-order valence-electron chi connectivity index (χ0n) is 15.5. The molecule has 0 aliphatic heterocycles. The van der Waals surface area contributed by atoms with Gasteiger partial charge in [-0.05, 0) is 18.1 Å². The van der Waals surface area contributed by atoms with E-state index in [1.165, 1.54) is 0 Å². The minimum Gasteiger partial charge on any atom is -0.497 e. The van der Waals surface area contributed by atoms with Crippen LogP contribution in [0.3, 0.4) is 0 Å². The van der Waals surface area contributed by atoms with Gasteiger partial charge in [-0.3, -0.25) is 0 Å². The van der Waals surface area contributed by atoms with Gasteiger partial charge in [0.15, 0.2) is 0 Å². The van der Waals surface area contributed by atoms with Gasteiger partial charge >= 0.3 is 17.6 Å². The largest absolute Gasteiger partial charge is 0.540 e. The van der Waals surface area contributed by atoms with E-state index in [2.05, 4.69) is 0 Å². The minimum absolute atomic E-state index is 0.609. The Balaban J connectivity index is 3.29. The van der Waals surface area contributed by atoms with E-state index in [1.807, 2.05) is 18.2 Å². The van der Waals surface area contributed by atoms with Crippen LogP contribution in [0.2, 0.25) is 6.04 Å². The molecule has 0 spiro atoms. The second kappa shape index (κ2) is 9.63. The molecule has 0 saturated carbocycles. The molecule has 7 nitrogen and oxygen atoms in total. The summed E-state index contributed by atoms with van der Waals surface area (Å²) in [6.45, 7) is 0. The van der Waals surface area contributed by atoms with E-state index in [0.717, 1.165) is 10.8 Å². The van der Waals surface area contributed by atoms with Crippen LogP contribution in [0.15, 0.2) is 18.2 Å². The van der Waals surface area contributed by atoms with Crippen LogP contribution in [0.25, 0.3) is 0 Å². The fraction of sp³-hybridized carbons (Fsp3) is 0.600. The molecule has 1 rings (SSSR count). The summed E-state index contributed by atoms with van der Waals surface area (Å²) in [6.07, 6.45) is 0.652. The first-order chi connectivity index (χ1) is 11.5. The molecule has 0 amide bonds. The average Bonchev–Trinajstić information content (AvgIpc) is 2.65. The maximum atomic E-state index is 5.65. The second-order valence-electron chi connectivity index (χ2n) is 4.96. The molecule has 24 heavy (non-hydrogen) atoms. The number of ether oxygens (including phenoxy) is 1. The van der Waals surface area contributed by atoms with Gasteiger partial charge in [0.05, 0.1) is 12.3 Å². The number of benzene rings is 1. The summed E-state index contributed by atoms with van der Waals surface area (Å²) in [5.41, 5.74) is 0.995. The van der Waals surface area contributed by atoms with Crippen molar-refractivity contribution in [2.45, 2.75) is 12.5 Å². The maximum Gasteiger partial charge on any atom is 0.540 e. The van der Waals surface area contributed by atoms with Gasteiger partial charge in [0.1, 0.15) is 5.75 Å². The molecule has 138 valence electrons. The SMILES string of the molecule is COc1cccc(CC[Si](OC)(OC)OC)c1[Si](OC)(OC)OC. The summed E-state index contributed by atoms with van der Waals surface area (Å²) in [5.74, 6) is 0.671. The fourth-order valence-electron chi connectivity index (χ4n) is 2.70. The number of rotatable bonds is 11. The first kappa shape index (κ1) is 21.3. The molecule has 0 bridgehead atoms. The van der Waals surface area contributed by atoms with Crippen molar-refractivity contribution in [1.29, 1.82) is 0 Å². The van der Waals surface area contributed by atoms with Crippen LogP contribution in [-0.4, -0.2) is 67.4 Å². The van der Waals surface area contributed by atoms with Crippen molar-refractivity contribution < 1.29 is 31.3 Å². The number of hydrogen-bond donors (Lipinski definition) is 0. The first-order valence-corrected chi connectivity index (χ1v) is 11.1. The lowest BCUT2D eigenvalue weighted by molar-refractivity contribution is 0.123. The van der Waals surface area contributed by atoms with Crippen LogP contribution < -0.4 is 9.92 Å². The predicted octanol–water partition coefficient (Wildman–Crippen LogP) is 1.20. The smallest absolute Gasteiger partial charge is 0.497 e. The zero-order valence-corrected chi connectivity index (χ0v) is 17.5. The molecule has 0 fully saturated rings. The molecule has 0 aliphatic carbocycles. The Morgan fingerprint density at radius 3 is 1.71 bits per heavy atom. The minimum atomic E-state index is -3.06. The Labute approximate surface area is 146 Å². The third-order valence-electron chi connectivity index (χ3n) is 4.08. The number of hydrogen-bond acceptors (Lipinski definition) is 7. The molecule has 0 aromatic heterocycles. The van der Waals surface area contributed by atoms with Crippen molar-refractivity contribution >= 4 is 22.8 Å². The Bertz CT molecular complexity index is 488. The molecule has 0 N–H and O–H groups in total. The van der Waals surface area contributed by atoms with Crippen molar-refractivity contribution in [2.75, 3.05) is 49.8 Å². The van der Waals surface area contributed by atoms with E-state index in [1.54, 1.807) is 49.8 Å². The van der Waals surface area contributed by atoms with Crippen molar-refractivity contribution in [1.82, 2.24) is 0 Å². The lowest BCUT2D eigenvalue weighted by atomic mass is 10.1. The Kier molecular flexibility index (Phi) is 8.53. The monoisotopic (exact) mass is 376 g/mol. The summed E-state index contributed by atoms with van der Waals surface area (Å²) >= 11 is 0.